The van der Waals surface area contributed by atoms with Gasteiger partial charge in [-0.25, -0.2) is 0 Å². The van der Waals surface area contributed by atoms with Crippen LogP contribution >= 0.6 is 15.9 Å². The first-order chi connectivity index (χ1) is 8.74. The molecule has 100 valence electrons. The smallest absolute Gasteiger partial charge is 0.251 e. The van der Waals surface area contributed by atoms with Crippen molar-refractivity contribution in [3.05, 3.63) is 34.3 Å². The molecule has 0 bridgehead atoms. The van der Waals surface area contributed by atoms with Gasteiger partial charge in [0.1, 0.15) is 0 Å². The zero-order valence-electron chi connectivity index (χ0n) is 10.4. The molecule has 0 aliphatic heterocycles. The fourth-order valence-electron chi connectivity index (χ4n) is 1.32. The Labute approximate surface area is 116 Å². The number of carbonyl (C=O) groups is 1. The van der Waals surface area contributed by atoms with Gasteiger partial charge in [0, 0.05) is 30.3 Å². The lowest BCUT2D eigenvalue weighted by molar-refractivity contribution is 0.0688. The van der Waals surface area contributed by atoms with Gasteiger partial charge < -0.3 is 14.8 Å². The number of amides is 1. The fraction of sp³-hybridized carbons (Fsp3) is 0.462. The summed E-state index contributed by atoms with van der Waals surface area (Å²) in [5.41, 5.74) is 0.665. The first kappa shape index (κ1) is 15.1. The largest absolute Gasteiger partial charge is 0.382 e. The summed E-state index contributed by atoms with van der Waals surface area (Å²) in [4.78, 5) is 11.7. The van der Waals surface area contributed by atoms with Gasteiger partial charge in [0.05, 0.1) is 13.2 Å². The molecule has 1 N–H and O–H groups in total. The zero-order chi connectivity index (χ0) is 13.2. The van der Waals surface area contributed by atoms with Gasteiger partial charge in [-0.05, 0) is 30.7 Å². The maximum Gasteiger partial charge on any atom is 0.251 e. The van der Waals surface area contributed by atoms with E-state index in [1.54, 1.807) is 19.2 Å². The number of halogens is 1. The van der Waals surface area contributed by atoms with Crippen molar-refractivity contribution in [1.29, 1.82) is 0 Å². The second-order valence-electron chi connectivity index (χ2n) is 3.72. The van der Waals surface area contributed by atoms with Crippen LogP contribution in [0.15, 0.2) is 28.7 Å². The third kappa shape index (κ3) is 6.14. The van der Waals surface area contributed by atoms with Crippen LogP contribution in [0.2, 0.25) is 0 Å². The zero-order valence-corrected chi connectivity index (χ0v) is 12.0. The first-order valence-corrected chi connectivity index (χ1v) is 6.64. The number of nitrogens with one attached hydrogen (secondary N) is 1. The number of rotatable bonds is 8. The maximum absolute atomic E-state index is 11.7. The fourth-order valence-corrected chi connectivity index (χ4v) is 1.59. The highest BCUT2D eigenvalue weighted by atomic mass is 79.9. The SMILES string of the molecule is COCCOCCCNC(=O)c1ccc(Br)cc1. The van der Waals surface area contributed by atoms with Crippen LogP contribution in [0, 0.1) is 0 Å². The van der Waals surface area contributed by atoms with E-state index in [4.69, 9.17) is 9.47 Å². The summed E-state index contributed by atoms with van der Waals surface area (Å²) in [5, 5.41) is 2.84. The normalized spacial score (nSPS) is 10.3. The predicted octanol–water partition coefficient (Wildman–Crippen LogP) is 2.23. The third-order valence-corrected chi connectivity index (χ3v) is 2.82. The van der Waals surface area contributed by atoms with E-state index in [1.807, 2.05) is 12.1 Å². The van der Waals surface area contributed by atoms with E-state index in [2.05, 4.69) is 21.2 Å². The number of hydrogen-bond acceptors (Lipinski definition) is 3. The summed E-state index contributed by atoms with van der Waals surface area (Å²) in [6, 6.07) is 7.27. The molecule has 0 aliphatic carbocycles. The molecule has 4 nitrogen and oxygen atoms in total. The Bertz CT molecular complexity index is 354. The molecule has 1 amide bonds. The van der Waals surface area contributed by atoms with Crippen LogP contribution in [0.3, 0.4) is 0 Å². The quantitative estimate of drug-likeness (QED) is 0.748. The summed E-state index contributed by atoms with van der Waals surface area (Å²) in [6.45, 7) is 2.44. The van der Waals surface area contributed by atoms with Crippen molar-refractivity contribution in [1.82, 2.24) is 5.32 Å². The van der Waals surface area contributed by atoms with Crippen LogP contribution in [-0.2, 0) is 9.47 Å². The van der Waals surface area contributed by atoms with Crippen LogP contribution in [0.5, 0.6) is 0 Å². The molecule has 0 atom stereocenters. The van der Waals surface area contributed by atoms with E-state index in [9.17, 15) is 4.79 Å². The van der Waals surface area contributed by atoms with Gasteiger partial charge in [0.15, 0.2) is 0 Å². The average molecular weight is 316 g/mol. The van der Waals surface area contributed by atoms with Crippen molar-refractivity contribution < 1.29 is 14.3 Å². The molecular weight excluding hydrogens is 298 g/mol. The number of carbonyl (C=O) groups excluding carboxylic acids is 1. The summed E-state index contributed by atoms with van der Waals surface area (Å²) in [5.74, 6) is -0.0561. The van der Waals surface area contributed by atoms with Crippen molar-refractivity contribution in [2.24, 2.45) is 0 Å². The van der Waals surface area contributed by atoms with Crippen LogP contribution in [-0.4, -0.2) is 39.4 Å². The monoisotopic (exact) mass is 315 g/mol. The van der Waals surface area contributed by atoms with Crippen molar-refractivity contribution in [2.45, 2.75) is 6.42 Å². The molecule has 0 unspecified atom stereocenters. The molecular formula is C13H18BrNO3. The minimum absolute atomic E-state index is 0.0561. The second-order valence-corrected chi connectivity index (χ2v) is 4.64. The minimum atomic E-state index is -0.0561. The van der Waals surface area contributed by atoms with Gasteiger partial charge in [-0.1, -0.05) is 15.9 Å². The van der Waals surface area contributed by atoms with Crippen LogP contribution in [0.25, 0.3) is 0 Å². The summed E-state index contributed by atoms with van der Waals surface area (Å²) in [6.07, 6.45) is 0.798. The Morgan fingerprint density at radius 2 is 1.94 bits per heavy atom. The van der Waals surface area contributed by atoms with Gasteiger partial charge in [-0.3, -0.25) is 4.79 Å². The van der Waals surface area contributed by atoms with E-state index >= 15 is 0 Å². The first-order valence-electron chi connectivity index (χ1n) is 5.84. The van der Waals surface area contributed by atoms with Crippen LogP contribution in [0.4, 0.5) is 0 Å². The van der Waals surface area contributed by atoms with Crippen molar-refractivity contribution in [3.8, 4) is 0 Å². The molecule has 0 radical (unpaired) electrons. The molecule has 0 spiro atoms. The highest BCUT2D eigenvalue weighted by Gasteiger charge is 2.03. The molecule has 1 aromatic carbocycles. The lowest BCUT2D eigenvalue weighted by Crippen LogP contribution is -2.25. The molecule has 0 aromatic heterocycles. The number of ether oxygens (including phenoxy) is 2. The van der Waals surface area contributed by atoms with E-state index in [0.29, 0.717) is 31.9 Å². The Morgan fingerprint density at radius 1 is 1.22 bits per heavy atom. The molecule has 0 heterocycles. The second kappa shape index (κ2) is 9.08. The standard InChI is InChI=1S/C13H18BrNO3/c1-17-9-10-18-8-2-7-15-13(16)11-3-5-12(14)6-4-11/h3-6H,2,7-10H2,1H3,(H,15,16). The van der Waals surface area contributed by atoms with E-state index in [1.165, 1.54) is 0 Å². The average Bonchev–Trinajstić information content (AvgIpc) is 2.38. The van der Waals surface area contributed by atoms with E-state index in [-0.39, 0.29) is 5.91 Å². The maximum atomic E-state index is 11.7. The number of hydrogen-bond donors (Lipinski definition) is 1. The van der Waals surface area contributed by atoms with Crippen molar-refractivity contribution in [3.63, 3.8) is 0 Å². The Balaban J connectivity index is 2.12. The van der Waals surface area contributed by atoms with Gasteiger partial charge in [0.25, 0.3) is 5.91 Å². The van der Waals surface area contributed by atoms with E-state index in [0.717, 1.165) is 10.9 Å². The lowest BCUT2D eigenvalue weighted by Gasteiger charge is -2.06. The highest BCUT2D eigenvalue weighted by Crippen LogP contribution is 2.10. The summed E-state index contributed by atoms with van der Waals surface area (Å²) >= 11 is 3.33. The molecule has 1 rings (SSSR count). The van der Waals surface area contributed by atoms with Crippen LogP contribution < -0.4 is 5.32 Å². The minimum Gasteiger partial charge on any atom is -0.382 e. The van der Waals surface area contributed by atoms with Crippen LogP contribution in [0.1, 0.15) is 16.8 Å². The van der Waals surface area contributed by atoms with Gasteiger partial charge in [-0.15, -0.1) is 0 Å². The molecule has 0 saturated heterocycles. The molecule has 0 aliphatic rings. The summed E-state index contributed by atoms with van der Waals surface area (Å²) < 4.78 is 11.1. The highest BCUT2D eigenvalue weighted by molar-refractivity contribution is 9.10. The van der Waals surface area contributed by atoms with Gasteiger partial charge in [0.2, 0.25) is 0 Å². The lowest BCUT2D eigenvalue weighted by atomic mass is 10.2. The number of methoxy groups -OCH3 is 1. The van der Waals surface area contributed by atoms with Gasteiger partial charge in [-0.2, -0.15) is 0 Å². The summed E-state index contributed by atoms with van der Waals surface area (Å²) in [7, 11) is 1.64. The molecule has 1 aromatic rings. The number of benzene rings is 1. The molecule has 5 heteroatoms. The van der Waals surface area contributed by atoms with Gasteiger partial charge >= 0.3 is 0 Å². The van der Waals surface area contributed by atoms with Crippen molar-refractivity contribution >= 4 is 21.8 Å². The molecule has 18 heavy (non-hydrogen) atoms. The Morgan fingerprint density at radius 3 is 2.61 bits per heavy atom. The molecule has 0 saturated carbocycles. The third-order valence-electron chi connectivity index (χ3n) is 2.29. The Hall–Kier alpha value is -0.910. The van der Waals surface area contributed by atoms with E-state index < -0.39 is 0 Å². The Kier molecular flexibility index (Phi) is 7.64. The predicted molar refractivity (Wildman–Crippen MR) is 73.8 cm³/mol. The molecule has 0 fully saturated rings. The van der Waals surface area contributed by atoms with Crippen molar-refractivity contribution in [2.75, 3.05) is 33.5 Å². The topological polar surface area (TPSA) is 47.6 Å².